The maximum atomic E-state index is 12.1. The molecule has 0 atom stereocenters. The van der Waals surface area contributed by atoms with Gasteiger partial charge in [0.2, 0.25) is 6.41 Å². The highest BCUT2D eigenvalue weighted by Crippen LogP contribution is 2.18. The fourth-order valence-electron chi connectivity index (χ4n) is 1.63. The molecule has 0 saturated carbocycles. The SMILES string of the molecule is Cc1ccc(S(=O)(=O)Nc2ccc(NC=O)cc2)cc1. The number of aryl methyl sites for hydroxylation is 1. The van der Waals surface area contributed by atoms with E-state index in [1.165, 1.54) is 0 Å². The van der Waals surface area contributed by atoms with Crippen molar-refractivity contribution in [2.45, 2.75) is 11.8 Å². The molecule has 6 heteroatoms. The van der Waals surface area contributed by atoms with Gasteiger partial charge < -0.3 is 5.32 Å². The molecule has 20 heavy (non-hydrogen) atoms. The van der Waals surface area contributed by atoms with E-state index in [2.05, 4.69) is 10.0 Å². The van der Waals surface area contributed by atoms with Crippen LogP contribution in [0.3, 0.4) is 0 Å². The number of carbonyl (C=O) groups is 1. The van der Waals surface area contributed by atoms with Gasteiger partial charge in [-0.3, -0.25) is 9.52 Å². The Labute approximate surface area is 117 Å². The third kappa shape index (κ3) is 3.36. The molecule has 104 valence electrons. The molecule has 0 bridgehead atoms. The summed E-state index contributed by atoms with van der Waals surface area (Å²) in [5, 5.41) is 2.48. The molecule has 0 fully saturated rings. The van der Waals surface area contributed by atoms with Crippen LogP contribution in [0.25, 0.3) is 0 Å². The third-order valence-corrected chi connectivity index (χ3v) is 4.09. The first-order chi connectivity index (χ1) is 9.51. The number of hydrogen-bond acceptors (Lipinski definition) is 3. The zero-order valence-electron chi connectivity index (χ0n) is 10.8. The summed E-state index contributed by atoms with van der Waals surface area (Å²) in [4.78, 5) is 10.5. The Morgan fingerprint density at radius 3 is 2.00 bits per heavy atom. The van der Waals surface area contributed by atoms with Crippen molar-refractivity contribution in [1.82, 2.24) is 0 Å². The summed E-state index contributed by atoms with van der Waals surface area (Å²) in [6.07, 6.45) is 0.561. The van der Waals surface area contributed by atoms with Gasteiger partial charge in [0.1, 0.15) is 0 Å². The molecule has 0 aliphatic carbocycles. The lowest BCUT2D eigenvalue weighted by molar-refractivity contribution is -0.105. The maximum Gasteiger partial charge on any atom is 0.261 e. The van der Waals surface area contributed by atoms with Crippen LogP contribution in [-0.2, 0) is 14.8 Å². The second-order valence-electron chi connectivity index (χ2n) is 4.26. The van der Waals surface area contributed by atoms with Crippen molar-refractivity contribution in [2.75, 3.05) is 10.0 Å². The van der Waals surface area contributed by atoms with E-state index in [9.17, 15) is 13.2 Å². The molecule has 0 aliphatic heterocycles. The van der Waals surface area contributed by atoms with Crippen molar-refractivity contribution < 1.29 is 13.2 Å². The van der Waals surface area contributed by atoms with E-state index < -0.39 is 10.0 Å². The molecule has 2 N–H and O–H groups in total. The van der Waals surface area contributed by atoms with Gasteiger partial charge in [0, 0.05) is 11.4 Å². The minimum Gasteiger partial charge on any atom is -0.329 e. The Morgan fingerprint density at radius 2 is 1.45 bits per heavy atom. The lowest BCUT2D eigenvalue weighted by Crippen LogP contribution is -2.12. The second-order valence-corrected chi connectivity index (χ2v) is 5.94. The summed E-state index contributed by atoms with van der Waals surface area (Å²) in [5.74, 6) is 0. The number of sulfonamides is 1. The molecular formula is C14H14N2O3S. The number of benzene rings is 2. The fourth-order valence-corrected chi connectivity index (χ4v) is 2.69. The highest BCUT2D eigenvalue weighted by atomic mass is 32.2. The summed E-state index contributed by atoms with van der Waals surface area (Å²) in [6, 6.07) is 13.0. The van der Waals surface area contributed by atoms with Crippen LogP contribution in [0.15, 0.2) is 53.4 Å². The van der Waals surface area contributed by atoms with Gasteiger partial charge in [-0.1, -0.05) is 17.7 Å². The number of rotatable bonds is 5. The smallest absolute Gasteiger partial charge is 0.261 e. The largest absolute Gasteiger partial charge is 0.329 e. The predicted molar refractivity (Wildman–Crippen MR) is 78.1 cm³/mol. The summed E-state index contributed by atoms with van der Waals surface area (Å²) in [5.41, 5.74) is 2.02. The summed E-state index contributed by atoms with van der Waals surface area (Å²) >= 11 is 0. The molecule has 2 aromatic carbocycles. The second kappa shape index (κ2) is 5.75. The Balaban J connectivity index is 2.19. The number of amides is 1. The fraction of sp³-hybridized carbons (Fsp3) is 0.0714. The van der Waals surface area contributed by atoms with Crippen LogP contribution in [-0.4, -0.2) is 14.8 Å². The van der Waals surface area contributed by atoms with Crippen molar-refractivity contribution in [3.8, 4) is 0 Å². The third-order valence-electron chi connectivity index (χ3n) is 2.69. The van der Waals surface area contributed by atoms with Crippen LogP contribution < -0.4 is 10.0 Å². The van der Waals surface area contributed by atoms with E-state index in [0.717, 1.165) is 5.56 Å². The molecule has 1 amide bonds. The van der Waals surface area contributed by atoms with E-state index in [1.54, 1.807) is 48.5 Å². The molecule has 0 aromatic heterocycles. The monoisotopic (exact) mass is 290 g/mol. The number of carbonyl (C=O) groups excluding carboxylic acids is 1. The van der Waals surface area contributed by atoms with Gasteiger partial charge in [-0.15, -0.1) is 0 Å². The van der Waals surface area contributed by atoms with Gasteiger partial charge in [0.15, 0.2) is 0 Å². The minimum atomic E-state index is -3.60. The topological polar surface area (TPSA) is 75.3 Å². The molecule has 0 saturated heterocycles. The zero-order valence-corrected chi connectivity index (χ0v) is 11.6. The Bertz CT molecular complexity index is 692. The summed E-state index contributed by atoms with van der Waals surface area (Å²) < 4.78 is 26.8. The molecule has 0 radical (unpaired) electrons. The molecule has 2 rings (SSSR count). The van der Waals surface area contributed by atoms with Gasteiger partial charge >= 0.3 is 0 Å². The van der Waals surface area contributed by atoms with Gasteiger partial charge in [-0.2, -0.15) is 0 Å². The van der Waals surface area contributed by atoms with E-state index >= 15 is 0 Å². The Morgan fingerprint density at radius 1 is 0.900 bits per heavy atom. The van der Waals surface area contributed by atoms with Crippen molar-refractivity contribution >= 4 is 27.8 Å². The van der Waals surface area contributed by atoms with Gasteiger partial charge in [-0.05, 0) is 43.3 Å². The van der Waals surface area contributed by atoms with Crippen LogP contribution in [0.2, 0.25) is 0 Å². The lowest BCUT2D eigenvalue weighted by Gasteiger charge is -2.09. The highest BCUT2D eigenvalue weighted by Gasteiger charge is 2.13. The first-order valence-corrected chi connectivity index (χ1v) is 7.39. The van der Waals surface area contributed by atoms with Crippen molar-refractivity contribution in [2.24, 2.45) is 0 Å². The van der Waals surface area contributed by atoms with Crippen molar-refractivity contribution in [3.63, 3.8) is 0 Å². The standard InChI is InChI=1S/C14H14N2O3S/c1-11-2-8-14(9-3-11)20(18,19)16-13-6-4-12(5-7-13)15-10-17/h2-10,16H,1H3,(H,15,17). The molecule has 0 unspecified atom stereocenters. The van der Waals surface area contributed by atoms with Crippen molar-refractivity contribution in [3.05, 3.63) is 54.1 Å². The molecule has 5 nitrogen and oxygen atoms in total. The average Bonchev–Trinajstić information content (AvgIpc) is 2.41. The molecule has 0 heterocycles. The minimum absolute atomic E-state index is 0.207. The van der Waals surface area contributed by atoms with E-state index in [4.69, 9.17) is 0 Å². The summed E-state index contributed by atoms with van der Waals surface area (Å²) in [7, 11) is -3.60. The van der Waals surface area contributed by atoms with Crippen LogP contribution in [0.1, 0.15) is 5.56 Å². The highest BCUT2D eigenvalue weighted by molar-refractivity contribution is 7.92. The number of anilines is 2. The Kier molecular flexibility index (Phi) is 4.05. The molecule has 0 aliphatic rings. The number of nitrogens with one attached hydrogen (secondary N) is 2. The van der Waals surface area contributed by atoms with E-state index in [1.807, 2.05) is 6.92 Å². The zero-order chi connectivity index (χ0) is 14.6. The lowest BCUT2D eigenvalue weighted by atomic mass is 10.2. The Hall–Kier alpha value is -2.34. The van der Waals surface area contributed by atoms with Crippen molar-refractivity contribution in [1.29, 1.82) is 0 Å². The molecule has 2 aromatic rings. The van der Waals surface area contributed by atoms with Crippen LogP contribution in [0.5, 0.6) is 0 Å². The normalized spacial score (nSPS) is 10.8. The number of hydrogen-bond donors (Lipinski definition) is 2. The van der Waals surface area contributed by atoms with Gasteiger partial charge in [-0.25, -0.2) is 8.42 Å². The molecule has 0 spiro atoms. The first-order valence-electron chi connectivity index (χ1n) is 5.91. The quantitative estimate of drug-likeness (QED) is 0.830. The predicted octanol–water partition coefficient (Wildman–Crippen LogP) is 2.36. The van der Waals surface area contributed by atoms with E-state index in [0.29, 0.717) is 17.8 Å². The summed E-state index contributed by atoms with van der Waals surface area (Å²) in [6.45, 7) is 1.89. The average molecular weight is 290 g/mol. The van der Waals surface area contributed by atoms with Crippen LogP contribution >= 0.6 is 0 Å². The van der Waals surface area contributed by atoms with Crippen LogP contribution in [0, 0.1) is 6.92 Å². The molecular weight excluding hydrogens is 276 g/mol. The van der Waals surface area contributed by atoms with Crippen LogP contribution in [0.4, 0.5) is 11.4 Å². The van der Waals surface area contributed by atoms with Gasteiger partial charge in [0.25, 0.3) is 10.0 Å². The first kappa shape index (κ1) is 14.1. The van der Waals surface area contributed by atoms with Gasteiger partial charge in [0.05, 0.1) is 4.90 Å². The maximum absolute atomic E-state index is 12.1. The van der Waals surface area contributed by atoms with E-state index in [-0.39, 0.29) is 4.90 Å².